The smallest absolute Gasteiger partial charge is 0.416 e. The molecule has 130 valence electrons. The first-order chi connectivity index (χ1) is 11.8. The molecule has 2 aromatic rings. The van der Waals surface area contributed by atoms with Gasteiger partial charge in [-0.15, -0.1) is 0 Å². The van der Waals surface area contributed by atoms with Crippen LogP contribution in [0.25, 0.3) is 17.0 Å². The Hall–Kier alpha value is -3.69. The summed E-state index contributed by atoms with van der Waals surface area (Å²) in [5, 5.41) is 29.5. The van der Waals surface area contributed by atoms with E-state index in [1.807, 2.05) is 0 Å². The molecule has 25 heavy (non-hydrogen) atoms. The number of nitro groups is 1. The average Bonchev–Trinajstić information content (AvgIpc) is 2.90. The van der Waals surface area contributed by atoms with Crippen molar-refractivity contribution in [3.8, 4) is 0 Å². The fraction of sp³-hybridized carbons (Fsp3) is 0.133. The number of aromatic carboxylic acids is 1. The molecule has 0 bridgehead atoms. The number of carboxylic acids is 1. The Balaban J connectivity index is 2.74. The van der Waals surface area contributed by atoms with Crippen LogP contribution in [-0.4, -0.2) is 44.3 Å². The number of carbonyl (C=O) groups is 3. The number of carbonyl (C=O) groups excluding carboxylic acids is 1. The second-order valence-corrected chi connectivity index (χ2v) is 4.78. The van der Waals surface area contributed by atoms with E-state index >= 15 is 0 Å². The van der Waals surface area contributed by atoms with Crippen LogP contribution in [0.2, 0.25) is 0 Å². The Morgan fingerprint density at radius 3 is 2.52 bits per heavy atom. The maximum Gasteiger partial charge on any atom is 0.416 e. The van der Waals surface area contributed by atoms with Crippen molar-refractivity contribution >= 4 is 35.0 Å². The van der Waals surface area contributed by atoms with Gasteiger partial charge in [0.05, 0.1) is 22.6 Å². The Morgan fingerprint density at radius 1 is 1.32 bits per heavy atom. The number of aromatic nitrogens is 1. The summed E-state index contributed by atoms with van der Waals surface area (Å²) in [5.74, 6) is -2.43. The van der Waals surface area contributed by atoms with Crippen LogP contribution >= 0.6 is 0 Å². The van der Waals surface area contributed by atoms with Crippen LogP contribution in [0.1, 0.15) is 22.8 Å². The molecule has 0 aliphatic heterocycles. The lowest BCUT2D eigenvalue weighted by Crippen LogP contribution is -2.14. The van der Waals surface area contributed by atoms with Gasteiger partial charge < -0.3 is 14.9 Å². The summed E-state index contributed by atoms with van der Waals surface area (Å²) in [6.45, 7) is 1.40. The predicted octanol–water partition coefficient (Wildman–Crippen LogP) is 2.05. The Kier molecular flexibility index (Phi) is 4.82. The van der Waals surface area contributed by atoms with Gasteiger partial charge in [-0.05, 0) is 25.1 Å². The lowest BCUT2D eigenvalue weighted by molar-refractivity contribution is -0.419. The zero-order chi connectivity index (χ0) is 18.7. The van der Waals surface area contributed by atoms with Crippen LogP contribution in [0, 0.1) is 10.1 Å². The van der Waals surface area contributed by atoms with E-state index in [0.29, 0.717) is 0 Å². The first-order valence-corrected chi connectivity index (χ1v) is 6.91. The van der Waals surface area contributed by atoms with E-state index in [2.05, 4.69) is 4.74 Å². The van der Waals surface area contributed by atoms with E-state index in [0.717, 1.165) is 16.8 Å². The van der Waals surface area contributed by atoms with Crippen molar-refractivity contribution in [2.75, 3.05) is 6.61 Å². The van der Waals surface area contributed by atoms with E-state index in [1.54, 1.807) is 0 Å². The van der Waals surface area contributed by atoms with Gasteiger partial charge in [-0.2, -0.15) is 0 Å². The zero-order valence-corrected chi connectivity index (χ0v) is 12.8. The van der Waals surface area contributed by atoms with Crippen molar-refractivity contribution in [3.05, 3.63) is 51.3 Å². The molecule has 0 saturated heterocycles. The molecule has 0 aliphatic rings. The molecule has 1 aromatic heterocycles. The maximum absolute atomic E-state index is 11.7. The summed E-state index contributed by atoms with van der Waals surface area (Å²) >= 11 is 0. The molecule has 10 heteroatoms. The number of rotatable bonds is 5. The molecule has 2 rings (SSSR count). The fourth-order valence-corrected chi connectivity index (χ4v) is 2.20. The van der Waals surface area contributed by atoms with Crippen LogP contribution in [0.15, 0.2) is 30.1 Å². The number of carboxylic acid groups (broad SMARTS) is 2. The molecule has 0 saturated carbocycles. The molecule has 1 heterocycles. The van der Waals surface area contributed by atoms with Crippen molar-refractivity contribution in [2.24, 2.45) is 0 Å². The van der Waals surface area contributed by atoms with Crippen LogP contribution in [0.3, 0.4) is 0 Å². The fourth-order valence-electron chi connectivity index (χ4n) is 2.20. The Morgan fingerprint density at radius 2 is 2.00 bits per heavy atom. The predicted molar refractivity (Wildman–Crippen MR) is 83.9 cm³/mol. The minimum absolute atomic E-state index is 0.000234. The largest absolute Gasteiger partial charge is 0.478 e. The minimum atomic E-state index is -1.37. The summed E-state index contributed by atoms with van der Waals surface area (Å²) < 4.78 is 5.37. The van der Waals surface area contributed by atoms with Crippen LogP contribution < -0.4 is 0 Å². The van der Waals surface area contributed by atoms with Crippen LogP contribution in [0.4, 0.5) is 4.79 Å². The molecule has 2 N–H and O–H groups in total. The minimum Gasteiger partial charge on any atom is -0.478 e. The van der Waals surface area contributed by atoms with Gasteiger partial charge >= 0.3 is 23.7 Å². The third-order valence-electron chi connectivity index (χ3n) is 3.26. The van der Waals surface area contributed by atoms with Crippen molar-refractivity contribution in [1.82, 2.24) is 4.57 Å². The topological polar surface area (TPSA) is 149 Å². The number of hydrogen-bond acceptors (Lipinski definition) is 6. The summed E-state index contributed by atoms with van der Waals surface area (Å²) in [5.41, 5.74) is -0.911. The van der Waals surface area contributed by atoms with Gasteiger partial charge in [-0.25, -0.2) is 14.4 Å². The Bertz CT molecular complexity index is 925. The lowest BCUT2D eigenvalue weighted by Gasteiger charge is -2.00. The third kappa shape index (κ3) is 3.47. The quantitative estimate of drug-likeness (QED) is 0.361. The standard InChI is InChI=1S/C15H12N2O8/c1-2-25-14(20)12(17(23)24)6-9-7-16(15(21)22)11-4-3-8(13(18)19)5-10(9)11/h3-7H,2H2,1H3,(H,18,19)(H,21,22). The van der Waals surface area contributed by atoms with Gasteiger partial charge in [-0.1, -0.05) is 0 Å². The highest BCUT2D eigenvalue weighted by Crippen LogP contribution is 2.25. The van der Waals surface area contributed by atoms with Gasteiger partial charge in [0.15, 0.2) is 0 Å². The first-order valence-electron chi connectivity index (χ1n) is 6.91. The van der Waals surface area contributed by atoms with Gasteiger partial charge in [0.25, 0.3) is 0 Å². The molecule has 0 atom stereocenters. The summed E-state index contributed by atoms with van der Waals surface area (Å²) in [4.78, 5) is 44.2. The van der Waals surface area contributed by atoms with Gasteiger partial charge in [0, 0.05) is 23.2 Å². The molecular formula is C15H12N2O8. The molecule has 1 aromatic carbocycles. The zero-order valence-electron chi connectivity index (χ0n) is 12.8. The number of esters is 1. The molecule has 0 fully saturated rings. The molecule has 10 nitrogen and oxygen atoms in total. The highest BCUT2D eigenvalue weighted by Gasteiger charge is 2.25. The maximum atomic E-state index is 11.7. The number of fused-ring (bicyclic) bond motifs is 1. The number of nitrogens with zero attached hydrogens (tertiary/aromatic N) is 2. The van der Waals surface area contributed by atoms with Gasteiger partial charge in [-0.3, -0.25) is 14.7 Å². The number of ether oxygens (including phenoxy) is 1. The molecule has 0 unspecified atom stereocenters. The van der Waals surface area contributed by atoms with E-state index < -0.39 is 28.7 Å². The average molecular weight is 348 g/mol. The highest BCUT2D eigenvalue weighted by atomic mass is 16.6. The SMILES string of the molecule is CCOC(=O)C(=Cc1cn(C(=O)O)c2ccc(C(=O)O)cc12)[N+](=O)[O-]. The van der Waals surface area contributed by atoms with Gasteiger partial charge in [0.2, 0.25) is 0 Å². The third-order valence-corrected chi connectivity index (χ3v) is 3.26. The van der Waals surface area contributed by atoms with E-state index in [9.17, 15) is 29.6 Å². The van der Waals surface area contributed by atoms with Crippen molar-refractivity contribution in [1.29, 1.82) is 0 Å². The van der Waals surface area contributed by atoms with Crippen molar-refractivity contribution < 1.29 is 34.3 Å². The summed E-state index contributed by atoms with van der Waals surface area (Å²) in [6, 6.07) is 3.64. The molecule has 0 radical (unpaired) electrons. The van der Waals surface area contributed by atoms with Crippen molar-refractivity contribution in [2.45, 2.75) is 6.92 Å². The molecule has 0 spiro atoms. The molecule has 0 amide bonds. The normalized spacial score (nSPS) is 11.3. The molecular weight excluding hydrogens is 336 g/mol. The Labute approximate surface area is 139 Å². The van der Waals surface area contributed by atoms with E-state index in [1.165, 1.54) is 25.1 Å². The van der Waals surface area contributed by atoms with Crippen LogP contribution in [-0.2, 0) is 9.53 Å². The summed E-state index contributed by atoms with van der Waals surface area (Å²) in [6.07, 6.45) is 0.541. The second kappa shape index (κ2) is 6.83. The van der Waals surface area contributed by atoms with E-state index in [4.69, 9.17) is 5.11 Å². The highest BCUT2D eigenvalue weighted by molar-refractivity contribution is 6.02. The molecule has 0 aliphatic carbocycles. The van der Waals surface area contributed by atoms with Crippen molar-refractivity contribution in [3.63, 3.8) is 0 Å². The van der Waals surface area contributed by atoms with Gasteiger partial charge in [0.1, 0.15) is 0 Å². The number of hydrogen-bond donors (Lipinski definition) is 2. The monoisotopic (exact) mass is 348 g/mol. The van der Waals surface area contributed by atoms with Crippen LogP contribution in [0.5, 0.6) is 0 Å². The first kappa shape index (κ1) is 17.7. The van der Waals surface area contributed by atoms with E-state index in [-0.39, 0.29) is 28.6 Å². The second-order valence-electron chi connectivity index (χ2n) is 4.78. The number of benzene rings is 1. The lowest BCUT2D eigenvalue weighted by atomic mass is 10.1. The summed E-state index contributed by atoms with van der Waals surface area (Å²) in [7, 11) is 0.